The van der Waals surface area contributed by atoms with Crippen LogP contribution in [0.5, 0.6) is 0 Å². The lowest BCUT2D eigenvalue weighted by atomic mass is 10.1. The maximum absolute atomic E-state index is 12.5. The van der Waals surface area contributed by atoms with Crippen LogP contribution < -0.4 is 16.0 Å². The van der Waals surface area contributed by atoms with E-state index in [1.165, 1.54) is 0 Å². The molecular weight excluding hydrogens is 374 g/mol. The number of nitrogens with one attached hydrogen (secondary N) is 3. The van der Waals surface area contributed by atoms with E-state index >= 15 is 0 Å². The zero-order valence-corrected chi connectivity index (χ0v) is 17.7. The molecule has 4 N–H and O–H groups in total. The summed E-state index contributed by atoms with van der Waals surface area (Å²) < 4.78 is 5.14. The van der Waals surface area contributed by atoms with Crippen LogP contribution in [-0.2, 0) is 16.0 Å². The second-order valence-electron chi connectivity index (χ2n) is 8.03. The zero-order valence-electron chi connectivity index (χ0n) is 17.7. The molecule has 0 aliphatic rings. The molecule has 3 amide bonds. The van der Waals surface area contributed by atoms with Crippen LogP contribution in [0.3, 0.4) is 0 Å². The van der Waals surface area contributed by atoms with E-state index in [0.717, 1.165) is 5.56 Å². The first-order chi connectivity index (χ1) is 13.6. The summed E-state index contributed by atoms with van der Waals surface area (Å²) >= 11 is 0. The molecule has 0 aliphatic carbocycles. The molecule has 0 fully saturated rings. The van der Waals surface area contributed by atoms with Gasteiger partial charge >= 0.3 is 12.2 Å². The molecule has 1 aromatic carbocycles. The Morgan fingerprint density at radius 1 is 1.07 bits per heavy atom. The second-order valence-corrected chi connectivity index (χ2v) is 8.03. The molecule has 162 valence electrons. The second kappa shape index (κ2) is 11.9. The Bertz CT molecular complexity index is 658. The minimum atomic E-state index is -1.24. The molecule has 8 heteroatoms. The number of unbranched alkanes of at least 4 members (excludes halogenated alkanes) is 1. The van der Waals surface area contributed by atoms with Gasteiger partial charge in [0, 0.05) is 12.6 Å². The highest BCUT2D eigenvalue weighted by molar-refractivity contribution is 5.85. The molecule has 0 aromatic heterocycles. The van der Waals surface area contributed by atoms with Gasteiger partial charge in [0.15, 0.2) is 0 Å². The maximum Gasteiger partial charge on any atom is 0.407 e. The highest BCUT2D eigenvalue weighted by Crippen LogP contribution is 2.07. The molecule has 0 bridgehead atoms. The van der Waals surface area contributed by atoms with Crippen molar-refractivity contribution < 1.29 is 24.2 Å². The number of carbonyl (C=O) groups excluding carboxylic acids is 2. The van der Waals surface area contributed by atoms with Gasteiger partial charge in [0.2, 0.25) is 5.91 Å². The van der Waals surface area contributed by atoms with Crippen LogP contribution >= 0.6 is 0 Å². The number of carbonyl (C=O) groups is 3. The fraction of sp³-hybridized carbons (Fsp3) is 0.571. The van der Waals surface area contributed by atoms with E-state index in [-0.39, 0.29) is 11.9 Å². The van der Waals surface area contributed by atoms with Crippen molar-refractivity contribution >= 4 is 18.1 Å². The Hall–Kier alpha value is -2.77. The third-order valence-electron chi connectivity index (χ3n) is 3.98. The van der Waals surface area contributed by atoms with Crippen molar-refractivity contribution in [2.45, 2.75) is 71.1 Å². The van der Waals surface area contributed by atoms with Gasteiger partial charge in [-0.2, -0.15) is 0 Å². The van der Waals surface area contributed by atoms with Crippen molar-refractivity contribution in [2.75, 3.05) is 6.54 Å². The van der Waals surface area contributed by atoms with E-state index in [9.17, 15) is 14.4 Å². The van der Waals surface area contributed by atoms with Crippen LogP contribution in [0.15, 0.2) is 30.3 Å². The summed E-state index contributed by atoms with van der Waals surface area (Å²) in [5.41, 5.74) is 0.533. The molecule has 0 unspecified atom stereocenters. The number of carboxylic acid groups (broad SMARTS) is 1. The zero-order chi connectivity index (χ0) is 21.9. The average Bonchev–Trinajstić information content (AvgIpc) is 2.59. The van der Waals surface area contributed by atoms with Gasteiger partial charge in [-0.3, -0.25) is 4.79 Å². The molecule has 0 aliphatic heterocycles. The quantitative estimate of drug-likeness (QED) is 0.445. The van der Waals surface area contributed by atoms with Gasteiger partial charge in [-0.05, 0) is 58.9 Å². The van der Waals surface area contributed by atoms with Crippen LogP contribution in [0, 0.1) is 0 Å². The van der Waals surface area contributed by atoms with Gasteiger partial charge in [0.05, 0.1) is 0 Å². The van der Waals surface area contributed by atoms with Crippen LogP contribution in [0.1, 0.15) is 52.5 Å². The molecule has 0 radical (unpaired) electrons. The molecule has 1 rings (SSSR count). The van der Waals surface area contributed by atoms with Crippen molar-refractivity contribution in [3.05, 3.63) is 35.9 Å². The SMILES string of the molecule is C[C@@H](Cc1ccccc1)NC(=O)[C@H](CCCCNC(=O)OC(C)(C)C)NC(=O)O. The summed E-state index contributed by atoms with van der Waals surface area (Å²) in [6, 6.07) is 8.79. The molecule has 29 heavy (non-hydrogen) atoms. The summed E-state index contributed by atoms with van der Waals surface area (Å²) in [5.74, 6) is -0.351. The molecule has 2 atom stereocenters. The van der Waals surface area contributed by atoms with Crippen LogP contribution in [0.2, 0.25) is 0 Å². The van der Waals surface area contributed by atoms with Crippen molar-refractivity contribution in [1.29, 1.82) is 0 Å². The molecular formula is C21H33N3O5. The number of hydrogen-bond acceptors (Lipinski definition) is 4. The summed E-state index contributed by atoms with van der Waals surface area (Å²) in [4.78, 5) is 35.1. The first-order valence-corrected chi connectivity index (χ1v) is 9.87. The average molecular weight is 408 g/mol. The molecule has 8 nitrogen and oxygen atoms in total. The number of rotatable bonds is 10. The lowest BCUT2D eigenvalue weighted by molar-refractivity contribution is -0.123. The fourth-order valence-corrected chi connectivity index (χ4v) is 2.76. The Labute approximate surface area is 172 Å². The van der Waals surface area contributed by atoms with Gasteiger partial charge in [-0.15, -0.1) is 0 Å². The lowest BCUT2D eigenvalue weighted by Crippen LogP contribution is -2.49. The third kappa shape index (κ3) is 11.6. The van der Waals surface area contributed by atoms with Crippen molar-refractivity contribution in [1.82, 2.24) is 16.0 Å². The number of benzene rings is 1. The predicted octanol–water partition coefficient (Wildman–Crippen LogP) is 3.07. The molecule has 0 heterocycles. The Balaban J connectivity index is 2.41. The topological polar surface area (TPSA) is 117 Å². The molecule has 0 saturated heterocycles. The van der Waals surface area contributed by atoms with Crippen LogP contribution in [0.4, 0.5) is 9.59 Å². The predicted molar refractivity (Wildman–Crippen MR) is 111 cm³/mol. The van der Waals surface area contributed by atoms with Gasteiger partial charge < -0.3 is 25.8 Å². The van der Waals surface area contributed by atoms with E-state index in [2.05, 4.69) is 16.0 Å². The van der Waals surface area contributed by atoms with Gasteiger partial charge in [0.25, 0.3) is 0 Å². The van der Waals surface area contributed by atoms with Crippen LogP contribution in [-0.4, -0.2) is 47.4 Å². The first kappa shape index (κ1) is 24.3. The fourth-order valence-electron chi connectivity index (χ4n) is 2.76. The maximum atomic E-state index is 12.5. The highest BCUT2D eigenvalue weighted by atomic mass is 16.6. The number of ether oxygens (including phenoxy) is 1. The van der Waals surface area contributed by atoms with Gasteiger partial charge in [0.1, 0.15) is 11.6 Å². The monoisotopic (exact) mass is 407 g/mol. The van der Waals surface area contributed by atoms with Crippen LogP contribution in [0.25, 0.3) is 0 Å². The van der Waals surface area contributed by atoms with E-state index in [0.29, 0.717) is 32.2 Å². The third-order valence-corrected chi connectivity index (χ3v) is 3.98. The molecule has 1 aromatic rings. The van der Waals surface area contributed by atoms with E-state index in [4.69, 9.17) is 9.84 Å². The number of hydrogen-bond donors (Lipinski definition) is 4. The minimum Gasteiger partial charge on any atom is -0.465 e. The van der Waals surface area contributed by atoms with Gasteiger partial charge in [-0.25, -0.2) is 9.59 Å². The Morgan fingerprint density at radius 3 is 2.31 bits per heavy atom. The first-order valence-electron chi connectivity index (χ1n) is 9.87. The van der Waals surface area contributed by atoms with E-state index < -0.39 is 23.8 Å². The number of amides is 3. The Morgan fingerprint density at radius 2 is 1.72 bits per heavy atom. The summed E-state index contributed by atoms with van der Waals surface area (Å²) in [7, 11) is 0. The lowest BCUT2D eigenvalue weighted by Gasteiger charge is -2.21. The van der Waals surface area contributed by atoms with Crippen molar-refractivity contribution in [3.8, 4) is 0 Å². The minimum absolute atomic E-state index is 0.128. The number of alkyl carbamates (subject to hydrolysis) is 1. The van der Waals surface area contributed by atoms with E-state index in [1.54, 1.807) is 20.8 Å². The summed E-state index contributed by atoms with van der Waals surface area (Å²) in [6.45, 7) is 7.62. The molecule has 0 saturated carbocycles. The standard InChI is InChI=1S/C21H33N3O5/c1-15(14-16-10-6-5-7-11-16)23-18(25)17(24-19(26)27)12-8-9-13-22-20(28)29-21(2,3)4/h5-7,10-11,15,17,24H,8-9,12-14H2,1-4H3,(H,22,28)(H,23,25)(H,26,27)/t15-,17-/m0/s1. The molecule has 0 spiro atoms. The smallest absolute Gasteiger partial charge is 0.407 e. The highest BCUT2D eigenvalue weighted by Gasteiger charge is 2.22. The summed E-state index contributed by atoms with van der Waals surface area (Å²) in [6.07, 6.45) is 0.432. The van der Waals surface area contributed by atoms with Gasteiger partial charge in [-0.1, -0.05) is 30.3 Å². The van der Waals surface area contributed by atoms with E-state index in [1.807, 2.05) is 37.3 Å². The van der Waals surface area contributed by atoms with Crippen molar-refractivity contribution in [3.63, 3.8) is 0 Å². The largest absolute Gasteiger partial charge is 0.465 e. The van der Waals surface area contributed by atoms with Crippen molar-refractivity contribution in [2.24, 2.45) is 0 Å². The normalized spacial score (nSPS) is 13.1. The Kier molecular flexibility index (Phi) is 9.99. The summed E-state index contributed by atoms with van der Waals surface area (Å²) in [5, 5.41) is 16.8.